The molecule has 35 heavy (non-hydrogen) atoms. The maximum atomic E-state index is 7.76. The van der Waals surface area contributed by atoms with Crippen LogP contribution in [0.5, 0.6) is 0 Å². The van der Waals surface area contributed by atoms with Gasteiger partial charge in [0.25, 0.3) is 0 Å². The van der Waals surface area contributed by atoms with Crippen molar-refractivity contribution in [3.8, 4) is 0 Å². The van der Waals surface area contributed by atoms with Gasteiger partial charge in [-0.15, -0.1) is 6.58 Å². The van der Waals surface area contributed by atoms with Crippen LogP contribution in [0.2, 0.25) is 0 Å². The van der Waals surface area contributed by atoms with Crippen molar-refractivity contribution in [2.24, 2.45) is 15.9 Å². The van der Waals surface area contributed by atoms with Gasteiger partial charge in [-0.25, -0.2) is 4.99 Å². The Morgan fingerprint density at radius 1 is 0.914 bits per heavy atom. The van der Waals surface area contributed by atoms with Gasteiger partial charge in [-0.1, -0.05) is 124 Å². The minimum Gasteiger partial charge on any atom is -0.321 e. The number of hydrogen-bond acceptors (Lipinski definition) is 3. The fourth-order valence-corrected chi connectivity index (χ4v) is 2.95. The van der Waals surface area contributed by atoms with Crippen molar-refractivity contribution < 1.29 is 0 Å². The Morgan fingerprint density at radius 2 is 1.49 bits per heavy atom. The van der Waals surface area contributed by atoms with Crippen LogP contribution in [-0.4, -0.2) is 17.3 Å². The Morgan fingerprint density at radius 3 is 2.00 bits per heavy atom. The molecule has 2 aromatic carbocycles. The first-order valence-electron chi connectivity index (χ1n) is 11.6. The fourth-order valence-electron chi connectivity index (χ4n) is 2.95. The van der Waals surface area contributed by atoms with E-state index in [9.17, 15) is 0 Å². The third kappa shape index (κ3) is 10.0. The van der Waals surface area contributed by atoms with Gasteiger partial charge >= 0.3 is 0 Å². The van der Waals surface area contributed by atoms with Gasteiger partial charge in [0.2, 0.25) is 0 Å². The predicted octanol–water partition coefficient (Wildman–Crippen LogP) is 7.59. The van der Waals surface area contributed by atoms with Crippen LogP contribution >= 0.6 is 0 Å². The molecule has 0 saturated carbocycles. The maximum absolute atomic E-state index is 7.76. The highest BCUT2D eigenvalue weighted by atomic mass is 15.2. The number of rotatable bonds is 6. The molecular weight excluding hydrogens is 428 g/mol. The number of benzene rings is 2. The van der Waals surface area contributed by atoms with Crippen molar-refractivity contribution in [2.75, 3.05) is 0 Å². The molecule has 0 aliphatic heterocycles. The Bertz CT molecular complexity index is 1130. The second-order valence-electron chi connectivity index (χ2n) is 7.01. The van der Waals surface area contributed by atoms with E-state index < -0.39 is 0 Å². The molecule has 0 amide bonds. The smallest absolute Gasteiger partial charge is 0.178 e. The van der Waals surface area contributed by atoms with Crippen LogP contribution in [0.1, 0.15) is 38.3 Å². The van der Waals surface area contributed by atoms with Crippen LogP contribution in [-0.2, 0) is 0 Å². The highest BCUT2D eigenvalue weighted by molar-refractivity contribution is 6.11. The maximum Gasteiger partial charge on any atom is 0.178 e. The van der Waals surface area contributed by atoms with Crippen LogP contribution < -0.4 is 5.84 Å². The minimum absolute atomic E-state index is 0.524. The Labute approximate surface area is 210 Å². The largest absolute Gasteiger partial charge is 0.321 e. The van der Waals surface area contributed by atoms with E-state index in [-0.39, 0.29) is 0 Å². The number of nitrogens with two attached hydrogens (primary N) is 1. The Balaban J connectivity index is 0.000000332. The molecule has 3 rings (SSSR count). The van der Waals surface area contributed by atoms with Gasteiger partial charge < -0.3 is 11.3 Å². The van der Waals surface area contributed by atoms with Crippen molar-refractivity contribution in [1.82, 2.24) is 0 Å². The monoisotopic (exact) mass is 464 g/mol. The number of amidine groups is 1. The van der Waals surface area contributed by atoms with Crippen molar-refractivity contribution in [1.29, 1.82) is 5.41 Å². The standard InChI is InChI=1S/C15H15N3.C14H15N.C2H6/c1-12(13-8-4-2-5-9-13)17-15(18-16)14-10-6-3-7-11-14;1-3-5-6-9-12(4-2)13-10-7-8-11-14(13)15;1-2/h2-11H,16H2,1H3;3-4,6-11,15H,1-2,5H2;1-2H3/b17-12?,18-15-;9-6-,13-12+,15-14?;. The molecule has 0 unspecified atom stereocenters. The Kier molecular flexibility index (Phi) is 14.1. The van der Waals surface area contributed by atoms with E-state index in [2.05, 4.69) is 23.3 Å². The van der Waals surface area contributed by atoms with Crippen LogP contribution in [0.15, 0.2) is 144 Å². The van der Waals surface area contributed by atoms with E-state index in [0.717, 1.165) is 34.4 Å². The summed E-state index contributed by atoms with van der Waals surface area (Å²) in [6, 6.07) is 19.7. The second-order valence-corrected chi connectivity index (χ2v) is 7.01. The summed E-state index contributed by atoms with van der Waals surface area (Å²) >= 11 is 0. The summed E-state index contributed by atoms with van der Waals surface area (Å²) in [6.45, 7) is 13.4. The van der Waals surface area contributed by atoms with Gasteiger partial charge in [0, 0.05) is 16.8 Å². The first kappa shape index (κ1) is 28.7. The minimum atomic E-state index is 0.524. The van der Waals surface area contributed by atoms with Crippen molar-refractivity contribution in [3.05, 3.63) is 145 Å². The van der Waals surface area contributed by atoms with Crippen LogP contribution in [0, 0.1) is 5.41 Å². The molecule has 2 aromatic rings. The van der Waals surface area contributed by atoms with Crippen LogP contribution in [0.4, 0.5) is 0 Å². The summed E-state index contributed by atoms with van der Waals surface area (Å²) < 4.78 is 0. The molecule has 180 valence electrons. The molecule has 4 nitrogen and oxygen atoms in total. The van der Waals surface area contributed by atoms with E-state index in [1.54, 1.807) is 12.2 Å². The van der Waals surface area contributed by atoms with E-state index in [4.69, 9.17) is 11.3 Å². The molecule has 0 bridgehead atoms. The second kappa shape index (κ2) is 17.2. The quantitative estimate of drug-likeness (QED) is 0.149. The molecular formula is C31H36N4. The number of allylic oxidation sites excluding steroid dienone is 10. The first-order chi connectivity index (χ1) is 17.1. The number of nitrogens with zero attached hydrogens (tertiary/aromatic N) is 2. The van der Waals surface area contributed by atoms with Gasteiger partial charge in [0.1, 0.15) is 0 Å². The lowest BCUT2D eigenvalue weighted by Gasteiger charge is -2.07. The first-order valence-corrected chi connectivity index (χ1v) is 11.6. The zero-order valence-corrected chi connectivity index (χ0v) is 21.0. The molecule has 0 radical (unpaired) electrons. The summed E-state index contributed by atoms with van der Waals surface area (Å²) in [7, 11) is 0. The average molecular weight is 465 g/mol. The summed E-state index contributed by atoms with van der Waals surface area (Å²) in [6.07, 6.45) is 15.9. The summed E-state index contributed by atoms with van der Waals surface area (Å²) in [5, 5.41) is 11.5. The lowest BCUT2D eigenvalue weighted by atomic mass is 9.99. The number of hydrazone groups is 1. The normalized spacial score (nSPS) is 14.4. The summed E-state index contributed by atoms with van der Waals surface area (Å²) in [5.74, 6) is 5.95. The summed E-state index contributed by atoms with van der Waals surface area (Å²) in [5.41, 5.74) is 5.28. The van der Waals surface area contributed by atoms with Crippen LogP contribution in [0.25, 0.3) is 0 Å². The molecule has 3 N–H and O–H groups in total. The van der Waals surface area contributed by atoms with E-state index >= 15 is 0 Å². The molecule has 4 heteroatoms. The number of nitrogens with one attached hydrogen (secondary N) is 1. The van der Waals surface area contributed by atoms with Crippen LogP contribution in [0.3, 0.4) is 0 Å². The lowest BCUT2D eigenvalue weighted by molar-refractivity contribution is 1.23. The number of aliphatic imine (C=N–C) groups is 1. The third-order valence-electron chi connectivity index (χ3n) is 4.68. The molecule has 1 aliphatic rings. The zero-order chi connectivity index (χ0) is 25.9. The van der Waals surface area contributed by atoms with Gasteiger partial charge in [-0.05, 0) is 30.6 Å². The summed E-state index contributed by atoms with van der Waals surface area (Å²) in [4.78, 5) is 4.48. The fraction of sp³-hybridized carbons (Fsp3) is 0.129. The molecule has 1 aliphatic carbocycles. The predicted molar refractivity (Wildman–Crippen MR) is 154 cm³/mol. The average Bonchev–Trinajstić information content (AvgIpc) is 2.93. The molecule has 0 saturated heterocycles. The molecule has 0 fully saturated rings. The highest BCUT2D eigenvalue weighted by Gasteiger charge is 2.05. The van der Waals surface area contributed by atoms with E-state index in [0.29, 0.717) is 11.5 Å². The molecule has 0 spiro atoms. The topological polar surface area (TPSA) is 74.6 Å². The third-order valence-corrected chi connectivity index (χ3v) is 4.68. The van der Waals surface area contributed by atoms with Gasteiger partial charge in [-0.2, -0.15) is 5.10 Å². The van der Waals surface area contributed by atoms with E-state index in [1.807, 2.05) is 118 Å². The van der Waals surface area contributed by atoms with Crippen molar-refractivity contribution >= 4 is 17.3 Å². The molecule has 0 heterocycles. The highest BCUT2D eigenvalue weighted by Crippen LogP contribution is 2.15. The number of hydrogen-bond donors (Lipinski definition) is 2. The zero-order valence-electron chi connectivity index (χ0n) is 21.0. The van der Waals surface area contributed by atoms with Crippen molar-refractivity contribution in [3.63, 3.8) is 0 Å². The van der Waals surface area contributed by atoms with Gasteiger partial charge in [0.05, 0.1) is 5.71 Å². The molecule has 0 atom stereocenters. The Hall–Kier alpha value is -4.31. The van der Waals surface area contributed by atoms with Gasteiger partial charge in [-0.3, -0.25) is 0 Å². The van der Waals surface area contributed by atoms with E-state index in [1.165, 1.54) is 0 Å². The lowest BCUT2D eigenvalue weighted by Crippen LogP contribution is -2.05. The SMILES string of the molecule is C=CC/C=C\C(C=C)=C1/C=CC=CC1=N.CC.CC(=N/C(=N\N)c1ccccc1)c1ccccc1. The van der Waals surface area contributed by atoms with Gasteiger partial charge in [0.15, 0.2) is 5.84 Å². The van der Waals surface area contributed by atoms with Crippen molar-refractivity contribution in [2.45, 2.75) is 27.2 Å². The molecule has 0 aromatic heterocycles.